The van der Waals surface area contributed by atoms with Crippen LogP contribution in [0, 0.1) is 5.92 Å². The highest BCUT2D eigenvalue weighted by Gasteiger charge is 2.28. The Balaban J connectivity index is 2.90. The van der Waals surface area contributed by atoms with Crippen LogP contribution in [0.4, 0.5) is 0 Å². The van der Waals surface area contributed by atoms with Gasteiger partial charge in [0.15, 0.2) is 0 Å². The van der Waals surface area contributed by atoms with Gasteiger partial charge in [0, 0.05) is 11.1 Å². The van der Waals surface area contributed by atoms with Gasteiger partial charge < -0.3 is 9.84 Å². The Morgan fingerprint density at radius 2 is 1.46 bits per heavy atom. The summed E-state index contributed by atoms with van der Waals surface area (Å²) in [6.07, 6.45) is 4.38. The Morgan fingerprint density at radius 1 is 0.962 bits per heavy atom. The minimum atomic E-state index is -0.301. The van der Waals surface area contributed by atoms with Gasteiger partial charge in [0.05, 0.1) is 12.2 Å². The monoisotopic (exact) mass is 362 g/mol. The van der Waals surface area contributed by atoms with E-state index in [2.05, 4.69) is 13.8 Å². The second-order valence-corrected chi connectivity index (χ2v) is 9.80. The fraction of sp³-hybridized carbons (Fsp3) is 0.696. The van der Waals surface area contributed by atoms with Gasteiger partial charge in [0.1, 0.15) is 5.75 Å². The Labute approximate surface area is 160 Å². The molecule has 26 heavy (non-hydrogen) atoms. The zero-order valence-electron chi connectivity index (χ0n) is 18.0. The summed E-state index contributed by atoms with van der Waals surface area (Å²) < 4.78 is 5.49. The number of phenolic OH excluding ortho intramolecular Hbond substituents is 1. The number of carbonyl (C=O) groups is 1. The maximum Gasteiger partial charge on any atom is 0.338 e. The first kappa shape index (κ1) is 22.5. The average molecular weight is 363 g/mol. The van der Waals surface area contributed by atoms with Crippen LogP contribution in [0.3, 0.4) is 0 Å². The number of ether oxygens (including phenoxy) is 1. The van der Waals surface area contributed by atoms with Crippen LogP contribution in [0.5, 0.6) is 5.75 Å². The first-order chi connectivity index (χ1) is 11.8. The van der Waals surface area contributed by atoms with Gasteiger partial charge in [0.2, 0.25) is 0 Å². The van der Waals surface area contributed by atoms with Gasteiger partial charge in [-0.2, -0.15) is 0 Å². The average Bonchev–Trinajstić information content (AvgIpc) is 2.48. The molecule has 0 unspecified atom stereocenters. The molecule has 3 nitrogen and oxygen atoms in total. The lowest BCUT2D eigenvalue weighted by Gasteiger charge is -2.28. The van der Waals surface area contributed by atoms with Crippen LogP contribution in [-0.4, -0.2) is 17.7 Å². The van der Waals surface area contributed by atoms with E-state index in [9.17, 15) is 9.90 Å². The zero-order valence-corrected chi connectivity index (χ0v) is 18.0. The summed E-state index contributed by atoms with van der Waals surface area (Å²) in [6, 6.07) is 3.57. The molecular weight excluding hydrogens is 324 g/mol. The summed E-state index contributed by atoms with van der Waals surface area (Å²) in [5.41, 5.74) is 1.59. The van der Waals surface area contributed by atoms with Crippen LogP contribution in [0.25, 0.3) is 0 Å². The molecule has 0 aliphatic heterocycles. The number of rotatable bonds is 7. The van der Waals surface area contributed by atoms with Crippen molar-refractivity contribution in [2.45, 2.75) is 91.9 Å². The molecule has 1 aromatic rings. The minimum absolute atomic E-state index is 0.253. The predicted molar refractivity (Wildman–Crippen MR) is 109 cm³/mol. The summed E-state index contributed by atoms with van der Waals surface area (Å²) in [5, 5.41) is 10.7. The molecule has 1 rings (SSSR count). The van der Waals surface area contributed by atoms with E-state index in [4.69, 9.17) is 4.74 Å². The normalized spacial score (nSPS) is 12.5. The number of aromatic hydroxyl groups is 1. The minimum Gasteiger partial charge on any atom is -0.507 e. The highest BCUT2D eigenvalue weighted by atomic mass is 16.5. The second kappa shape index (κ2) is 8.92. The van der Waals surface area contributed by atoms with Gasteiger partial charge in [-0.1, -0.05) is 74.7 Å². The quantitative estimate of drug-likeness (QED) is 0.453. The molecule has 0 bridgehead atoms. The SMILES string of the molecule is CC(C)CCCCCOC(=O)c1cc(C(C)(C)C)c(O)c(C(C)(C)C)c1. The first-order valence-corrected chi connectivity index (χ1v) is 9.89. The molecule has 1 aromatic carbocycles. The standard InChI is InChI=1S/C23H38O3/c1-16(2)12-10-9-11-13-26-21(25)17-14-18(22(3,4)5)20(24)19(15-17)23(6,7)8/h14-16,24H,9-13H2,1-8H3. The Hall–Kier alpha value is -1.51. The molecule has 0 atom stereocenters. The van der Waals surface area contributed by atoms with Crippen molar-refractivity contribution < 1.29 is 14.6 Å². The van der Waals surface area contributed by atoms with Crippen LogP contribution >= 0.6 is 0 Å². The number of hydrogen-bond donors (Lipinski definition) is 1. The van der Waals surface area contributed by atoms with E-state index in [1.54, 1.807) is 12.1 Å². The number of phenols is 1. The maximum atomic E-state index is 12.6. The van der Waals surface area contributed by atoms with Crippen molar-refractivity contribution >= 4 is 5.97 Å². The van der Waals surface area contributed by atoms with Crippen molar-refractivity contribution in [2.75, 3.05) is 6.61 Å². The van der Waals surface area contributed by atoms with Crippen molar-refractivity contribution in [1.82, 2.24) is 0 Å². The van der Waals surface area contributed by atoms with Gasteiger partial charge in [-0.25, -0.2) is 4.79 Å². The van der Waals surface area contributed by atoms with Crippen LogP contribution < -0.4 is 0 Å². The van der Waals surface area contributed by atoms with E-state index in [1.165, 1.54) is 12.8 Å². The van der Waals surface area contributed by atoms with E-state index >= 15 is 0 Å². The summed E-state index contributed by atoms with van der Waals surface area (Å²) in [4.78, 5) is 12.6. The summed E-state index contributed by atoms with van der Waals surface area (Å²) in [7, 11) is 0. The van der Waals surface area contributed by atoms with E-state index in [0.717, 1.165) is 29.9 Å². The fourth-order valence-corrected chi connectivity index (χ4v) is 2.98. The molecule has 0 fully saturated rings. The number of unbranched alkanes of at least 4 members (excludes halogenated alkanes) is 2. The summed E-state index contributed by atoms with van der Waals surface area (Å²) in [5.74, 6) is 0.710. The highest BCUT2D eigenvalue weighted by Crippen LogP contribution is 2.39. The molecule has 0 heterocycles. The third kappa shape index (κ3) is 6.66. The number of esters is 1. The van der Waals surface area contributed by atoms with Crippen LogP contribution in [0.2, 0.25) is 0 Å². The second-order valence-electron chi connectivity index (χ2n) is 9.80. The first-order valence-electron chi connectivity index (χ1n) is 9.89. The van der Waals surface area contributed by atoms with Crippen LogP contribution in [0.1, 0.15) is 103 Å². The van der Waals surface area contributed by atoms with E-state index < -0.39 is 0 Å². The van der Waals surface area contributed by atoms with E-state index in [-0.39, 0.29) is 22.5 Å². The van der Waals surface area contributed by atoms with E-state index in [0.29, 0.717) is 12.2 Å². The molecule has 0 saturated heterocycles. The summed E-state index contributed by atoms with van der Waals surface area (Å²) in [6.45, 7) is 17.1. The molecule has 0 spiro atoms. The zero-order chi connectivity index (χ0) is 20.1. The third-order valence-electron chi connectivity index (χ3n) is 4.62. The Morgan fingerprint density at radius 3 is 1.88 bits per heavy atom. The van der Waals surface area contributed by atoms with Crippen molar-refractivity contribution in [1.29, 1.82) is 0 Å². The van der Waals surface area contributed by atoms with E-state index in [1.807, 2.05) is 41.5 Å². The lowest BCUT2D eigenvalue weighted by molar-refractivity contribution is 0.0497. The maximum absolute atomic E-state index is 12.6. The molecular formula is C23H38O3. The summed E-state index contributed by atoms with van der Waals surface area (Å²) >= 11 is 0. The van der Waals surface area contributed by atoms with Gasteiger partial charge >= 0.3 is 5.97 Å². The molecule has 0 radical (unpaired) electrons. The molecule has 0 aromatic heterocycles. The topological polar surface area (TPSA) is 46.5 Å². The lowest BCUT2D eigenvalue weighted by atomic mass is 9.78. The fourth-order valence-electron chi connectivity index (χ4n) is 2.98. The largest absolute Gasteiger partial charge is 0.507 e. The predicted octanol–water partition coefficient (Wildman–Crippen LogP) is 6.36. The molecule has 148 valence electrons. The molecule has 1 N–H and O–H groups in total. The van der Waals surface area contributed by atoms with Gasteiger partial charge in [-0.15, -0.1) is 0 Å². The number of benzene rings is 1. The van der Waals surface area contributed by atoms with Crippen LogP contribution in [0.15, 0.2) is 12.1 Å². The smallest absolute Gasteiger partial charge is 0.338 e. The third-order valence-corrected chi connectivity index (χ3v) is 4.62. The lowest BCUT2D eigenvalue weighted by Crippen LogP contribution is -2.19. The number of carbonyl (C=O) groups excluding carboxylic acids is 1. The van der Waals surface area contributed by atoms with Crippen molar-refractivity contribution in [3.63, 3.8) is 0 Å². The van der Waals surface area contributed by atoms with Gasteiger partial charge in [-0.3, -0.25) is 0 Å². The molecule has 0 amide bonds. The molecule has 3 heteroatoms. The van der Waals surface area contributed by atoms with Gasteiger partial charge in [0.25, 0.3) is 0 Å². The Kier molecular flexibility index (Phi) is 7.73. The molecule has 0 saturated carbocycles. The Bertz CT molecular complexity index is 566. The van der Waals surface area contributed by atoms with Crippen molar-refractivity contribution in [3.8, 4) is 5.75 Å². The van der Waals surface area contributed by atoms with Crippen molar-refractivity contribution in [3.05, 3.63) is 28.8 Å². The highest BCUT2D eigenvalue weighted by molar-refractivity contribution is 5.90. The number of hydrogen-bond acceptors (Lipinski definition) is 3. The van der Waals surface area contributed by atoms with Gasteiger partial charge in [-0.05, 0) is 35.3 Å². The molecule has 0 aliphatic rings. The van der Waals surface area contributed by atoms with Crippen LogP contribution in [-0.2, 0) is 15.6 Å². The van der Waals surface area contributed by atoms with Crippen molar-refractivity contribution in [2.24, 2.45) is 5.92 Å². The molecule has 0 aliphatic carbocycles.